The summed E-state index contributed by atoms with van der Waals surface area (Å²) in [4.78, 5) is 22.6. The molecule has 6 heteroatoms. The summed E-state index contributed by atoms with van der Waals surface area (Å²) in [6.07, 6.45) is 0. The summed E-state index contributed by atoms with van der Waals surface area (Å²) in [7, 11) is 1.55. The fourth-order valence-electron chi connectivity index (χ4n) is 1.35. The molecule has 0 saturated heterocycles. The van der Waals surface area contributed by atoms with Crippen LogP contribution in [0.5, 0.6) is 5.75 Å². The topological polar surface area (TPSA) is 84.9 Å². The summed E-state index contributed by atoms with van der Waals surface area (Å²) >= 11 is 0. The van der Waals surface area contributed by atoms with Crippen molar-refractivity contribution < 1.29 is 24.2 Å². The molecule has 0 spiro atoms. The van der Waals surface area contributed by atoms with Crippen molar-refractivity contribution in [2.75, 3.05) is 20.3 Å². The van der Waals surface area contributed by atoms with Gasteiger partial charge in [-0.3, -0.25) is 9.59 Å². The molecule has 1 aromatic rings. The average Bonchev–Trinajstić information content (AvgIpc) is 2.39. The lowest BCUT2D eigenvalue weighted by Gasteiger charge is -2.13. The first kappa shape index (κ1) is 15.0. The molecule has 0 aliphatic carbocycles. The van der Waals surface area contributed by atoms with Crippen LogP contribution in [0.25, 0.3) is 0 Å². The molecule has 0 fully saturated rings. The Kier molecular flexibility index (Phi) is 5.81. The molecule has 0 aliphatic rings. The maximum atomic E-state index is 11.9. The highest BCUT2D eigenvalue weighted by atomic mass is 16.5. The van der Waals surface area contributed by atoms with Crippen LogP contribution in [0, 0.1) is 0 Å². The number of methoxy groups -OCH3 is 1. The Morgan fingerprint density at radius 1 is 1.32 bits per heavy atom. The molecule has 1 aromatic carbocycles. The number of amides is 1. The van der Waals surface area contributed by atoms with E-state index in [1.807, 2.05) is 0 Å². The SMILES string of the molecule is COCCOc1ccccc1C(=O)N[C@H](C)C(=O)O. The second kappa shape index (κ2) is 7.38. The lowest BCUT2D eigenvalue weighted by Crippen LogP contribution is -2.38. The summed E-state index contributed by atoms with van der Waals surface area (Å²) in [5.41, 5.74) is 0.298. The molecular weight excluding hydrogens is 250 g/mol. The van der Waals surface area contributed by atoms with Gasteiger partial charge >= 0.3 is 5.97 Å². The zero-order valence-corrected chi connectivity index (χ0v) is 10.9. The van der Waals surface area contributed by atoms with E-state index in [4.69, 9.17) is 14.6 Å². The highest BCUT2D eigenvalue weighted by Crippen LogP contribution is 2.17. The van der Waals surface area contributed by atoms with Crippen molar-refractivity contribution in [2.45, 2.75) is 13.0 Å². The number of para-hydroxylation sites is 1. The molecule has 1 amide bonds. The summed E-state index contributed by atoms with van der Waals surface area (Å²) in [6, 6.07) is 5.69. The van der Waals surface area contributed by atoms with Crippen LogP contribution in [0.3, 0.4) is 0 Å². The highest BCUT2D eigenvalue weighted by molar-refractivity contribution is 5.98. The van der Waals surface area contributed by atoms with Crippen molar-refractivity contribution in [3.8, 4) is 5.75 Å². The number of carbonyl (C=O) groups is 2. The van der Waals surface area contributed by atoms with Crippen LogP contribution in [0.15, 0.2) is 24.3 Å². The second-order valence-electron chi connectivity index (χ2n) is 3.87. The number of ether oxygens (including phenoxy) is 2. The molecule has 0 bridgehead atoms. The van der Waals surface area contributed by atoms with Crippen molar-refractivity contribution in [1.82, 2.24) is 5.32 Å². The van der Waals surface area contributed by atoms with Gasteiger partial charge in [-0.25, -0.2) is 0 Å². The number of carbonyl (C=O) groups excluding carboxylic acids is 1. The Morgan fingerprint density at radius 2 is 2.00 bits per heavy atom. The molecule has 0 heterocycles. The molecule has 1 rings (SSSR count). The molecule has 6 nitrogen and oxygen atoms in total. The first-order valence-corrected chi connectivity index (χ1v) is 5.80. The van der Waals surface area contributed by atoms with Gasteiger partial charge in [-0.2, -0.15) is 0 Å². The van der Waals surface area contributed by atoms with Gasteiger partial charge in [0.15, 0.2) is 0 Å². The highest BCUT2D eigenvalue weighted by Gasteiger charge is 2.18. The van der Waals surface area contributed by atoms with E-state index in [2.05, 4.69) is 5.32 Å². The van der Waals surface area contributed by atoms with Crippen LogP contribution in [-0.2, 0) is 9.53 Å². The van der Waals surface area contributed by atoms with Gasteiger partial charge in [0.25, 0.3) is 5.91 Å². The lowest BCUT2D eigenvalue weighted by atomic mass is 10.1. The molecule has 1 atom stereocenters. The third kappa shape index (κ3) is 4.59. The van der Waals surface area contributed by atoms with Gasteiger partial charge in [-0.15, -0.1) is 0 Å². The van der Waals surface area contributed by atoms with E-state index in [0.29, 0.717) is 24.5 Å². The lowest BCUT2D eigenvalue weighted by molar-refractivity contribution is -0.138. The maximum Gasteiger partial charge on any atom is 0.325 e. The normalized spacial score (nSPS) is 11.7. The summed E-state index contributed by atoms with van der Waals surface area (Å²) < 4.78 is 10.3. The van der Waals surface area contributed by atoms with Gasteiger partial charge in [-0.05, 0) is 19.1 Å². The molecular formula is C13H17NO5. The fraction of sp³-hybridized carbons (Fsp3) is 0.385. The van der Waals surface area contributed by atoms with Crippen LogP contribution in [0.1, 0.15) is 17.3 Å². The van der Waals surface area contributed by atoms with Gasteiger partial charge in [-0.1, -0.05) is 12.1 Å². The zero-order chi connectivity index (χ0) is 14.3. The summed E-state index contributed by atoms with van der Waals surface area (Å²) in [5, 5.41) is 11.1. The third-order valence-electron chi connectivity index (χ3n) is 2.39. The molecule has 0 radical (unpaired) electrons. The van der Waals surface area contributed by atoms with Crippen LogP contribution in [0.4, 0.5) is 0 Å². The smallest absolute Gasteiger partial charge is 0.325 e. The molecule has 0 saturated carbocycles. The minimum atomic E-state index is -1.09. The number of benzene rings is 1. The molecule has 0 aromatic heterocycles. The number of hydrogen-bond donors (Lipinski definition) is 2. The van der Waals surface area contributed by atoms with Crippen LogP contribution >= 0.6 is 0 Å². The fourth-order valence-corrected chi connectivity index (χ4v) is 1.35. The van der Waals surface area contributed by atoms with E-state index in [-0.39, 0.29) is 0 Å². The molecule has 104 valence electrons. The molecule has 2 N–H and O–H groups in total. The largest absolute Gasteiger partial charge is 0.490 e. The average molecular weight is 267 g/mol. The van der Waals surface area contributed by atoms with Gasteiger partial charge in [0, 0.05) is 7.11 Å². The van der Waals surface area contributed by atoms with Crippen LogP contribution < -0.4 is 10.1 Å². The van der Waals surface area contributed by atoms with Gasteiger partial charge in [0.05, 0.1) is 12.2 Å². The van der Waals surface area contributed by atoms with E-state index >= 15 is 0 Å². The first-order valence-electron chi connectivity index (χ1n) is 5.80. The van der Waals surface area contributed by atoms with Gasteiger partial charge in [0.2, 0.25) is 0 Å². The van der Waals surface area contributed by atoms with Crippen molar-refractivity contribution in [1.29, 1.82) is 0 Å². The number of aliphatic carboxylic acids is 1. The van der Waals surface area contributed by atoms with Crippen molar-refractivity contribution in [2.24, 2.45) is 0 Å². The molecule has 0 aliphatic heterocycles. The number of nitrogens with one attached hydrogen (secondary N) is 1. The summed E-state index contributed by atoms with van der Waals surface area (Å²) in [6.45, 7) is 2.12. The van der Waals surface area contributed by atoms with E-state index in [1.165, 1.54) is 6.92 Å². The van der Waals surface area contributed by atoms with Crippen LogP contribution in [0.2, 0.25) is 0 Å². The Balaban J connectivity index is 2.75. The number of rotatable bonds is 7. The van der Waals surface area contributed by atoms with Gasteiger partial charge in [0.1, 0.15) is 18.4 Å². The van der Waals surface area contributed by atoms with E-state index in [9.17, 15) is 9.59 Å². The monoisotopic (exact) mass is 267 g/mol. The predicted molar refractivity (Wildman–Crippen MR) is 68.4 cm³/mol. The Hall–Kier alpha value is -2.08. The number of carboxylic acids is 1. The van der Waals surface area contributed by atoms with Crippen molar-refractivity contribution in [3.63, 3.8) is 0 Å². The zero-order valence-electron chi connectivity index (χ0n) is 10.9. The molecule has 19 heavy (non-hydrogen) atoms. The minimum absolute atomic E-state index is 0.298. The number of hydrogen-bond acceptors (Lipinski definition) is 4. The standard InChI is InChI=1S/C13H17NO5/c1-9(13(16)17)14-12(15)10-5-3-4-6-11(10)19-8-7-18-2/h3-6,9H,7-8H2,1-2H3,(H,14,15)(H,16,17)/t9-/m1/s1. The van der Waals surface area contributed by atoms with E-state index in [1.54, 1.807) is 31.4 Å². The summed E-state index contributed by atoms with van der Waals surface area (Å²) in [5.74, 6) is -1.18. The minimum Gasteiger partial charge on any atom is -0.490 e. The van der Waals surface area contributed by atoms with E-state index in [0.717, 1.165) is 0 Å². The first-order chi connectivity index (χ1) is 9.06. The number of carboxylic acid groups (broad SMARTS) is 1. The Bertz CT molecular complexity index is 446. The quantitative estimate of drug-likeness (QED) is 0.717. The molecule has 0 unspecified atom stereocenters. The van der Waals surface area contributed by atoms with Crippen molar-refractivity contribution >= 4 is 11.9 Å². The predicted octanol–water partition coefficient (Wildman–Crippen LogP) is 0.915. The maximum absolute atomic E-state index is 11.9. The third-order valence-corrected chi connectivity index (χ3v) is 2.39. The Labute approximate surface area is 111 Å². The Morgan fingerprint density at radius 3 is 2.63 bits per heavy atom. The second-order valence-corrected chi connectivity index (χ2v) is 3.87. The van der Waals surface area contributed by atoms with E-state index < -0.39 is 17.9 Å². The van der Waals surface area contributed by atoms with Gasteiger partial charge < -0.3 is 19.9 Å². The van der Waals surface area contributed by atoms with Crippen LogP contribution in [-0.4, -0.2) is 43.3 Å². The van der Waals surface area contributed by atoms with Crippen molar-refractivity contribution in [3.05, 3.63) is 29.8 Å².